The maximum absolute atomic E-state index is 12.3. The minimum absolute atomic E-state index is 0. The number of halogens is 2. The van der Waals surface area contributed by atoms with Crippen LogP contribution in [0.4, 0.5) is 0 Å². The molecule has 1 aromatic heterocycles. The summed E-state index contributed by atoms with van der Waals surface area (Å²) in [5, 5.41) is 14.0. The van der Waals surface area contributed by atoms with Gasteiger partial charge in [-0.2, -0.15) is 4.98 Å². The minimum Gasteiger partial charge on any atom is -0.497 e. The number of hydrogen-bond acceptors (Lipinski definition) is 7. The van der Waals surface area contributed by atoms with E-state index in [-0.39, 0.29) is 24.0 Å². The highest BCUT2D eigenvalue weighted by atomic mass is 35.5. The van der Waals surface area contributed by atoms with E-state index in [0.717, 1.165) is 17.5 Å². The predicted molar refractivity (Wildman–Crippen MR) is 140 cm³/mol. The summed E-state index contributed by atoms with van der Waals surface area (Å²) in [6, 6.07) is 13.0. The summed E-state index contributed by atoms with van der Waals surface area (Å²) in [5.41, 5.74) is 1.88. The smallest absolute Gasteiger partial charge is 0.292 e. The Bertz CT molecular complexity index is 1170. The molecule has 0 radical (unpaired) electrons. The SMILES string of the molecule is COc1ccc(-c2nc(=O)c(Cl)c(C)n2C[C@@H](O)CNCCc2ccc(OC)c(OC)c2)cc1.Cl. The number of benzene rings is 2. The lowest BCUT2D eigenvalue weighted by Gasteiger charge is -2.20. The Morgan fingerprint density at radius 1 is 1.06 bits per heavy atom. The van der Waals surface area contributed by atoms with Gasteiger partial charge in [-0.05, 0) is 61.9 Å². The lowest BCUT2D eigenvalue weighted by Crippen LogP contribution is -2.33. The standard InChI is InChI=1S/C25H30ClN3O5.ClH/c1-16-23(26)25(31)28-24(18-6-8-20(32-2)9-7-18)29(16)15-19(30)14-27-12-11-17-5-10-21(33-3)22(13-17)34-4;/h5-10,13,19,27,30H,11-12,14-15H2,1-4H3;1H/t19-;/m0./s1. The van der Waals surface area contributed by atoms with Crippen molar-refractivity contribution in [1.29, 1.82) is 0 Å². The fourth-order valence-corrected chi connectivity index (χ4v) is 3.78. The summed E-state index contributed by atoms with van der Waals surface area (Å²) in [5.74, 6) is 2.51. The molecule has 2 aromatic carbocycles. The highest BCUT2D eigenvalue weighted by Crippen LogP contribution is 2.27. The number of ether oxygens (including phenoxy) is 3. The van der Waals surface area contributed by atoms with Gasteiger partial charge in [0.25, 0.3) is 5.56 Å². The molecule has 3 rings (SSSR count). The average Bonchev–Trinajstić information content (AvgIpc) is 2.86. The molecule has 0 aliphatic heterocycles. The lowest BCUT2D eigenvalue weighted by molar-refractivity contribution is 0.151. The van der Waals surface area contributed by atoms with Gasteiger partial charge in [0.1, 0.15) is 16.6 Å². The lowest BCUT2D eigenvalue weighted by atomic mass is 10.1. The molecule has 0 aliphatic rings. The number of aliphatic hydroxyl groups excluding tert-OH is 1. The molecule has 1 atom stereocenters. The van der Waals surface area contributed by atoms with Crippen molar-refractivity contribution in [3.05, 3.63) is 69.1 Å². The van der Waals surface area contributed by atoms with Crippen molar-refractivity contribution in [2.45, 2.75) is 26.0 Å². The quantitative estimate of drug-likeness (QED) is 0.371. The molecule has 190 valence electrons. The van der Waals surface area contributed by atoms with Crippen molar-refractivity contribution in [2.24, 2.45) is 0 Å². The van der Waals surface area contributed by atoms with Crippen molar-refractivity contribution in [1.82, 2.24) is 14.9 Å². The van der Waals surface area contributed by atoms with E-state index in [9.17, 15) is 9.90 Å². The third-order valence-corrected chi connectivity index (χ3v) is 5.97. The van der Waals surface area contributed by atoms with E-state index in [0.29, 0.717) is 41.9 Å². The van der Waals surface area contributed by atoms with Crippen LogP contribution in [-0.2, 0) is 13.0 Å². The predicted octanol–water partition coefficient (Wildman–Crippen LogP) is 3.51. The number of hydrogen-bond donors (Lipinski definition) is 2. The zero-order valence-corrected chi connectivity index (χ0v) is 21.8. The average molecular weight is 524 g/mol. The molecule has 0 fully saturated rings. The van der Waals surface area contributed by atoms with Crippen LogP contribution >= 0.6 is 24.0 Å². The second-order valence-corrected chi connectivity index (χ2v) is 8.15. The normalized spacial score (nSPS) is 11.5. The summed E-state index contributed by atoms with van der Waals surface area (Å²) < 4.78 is 17.6. The summed E-state index contributed by atoms with van der Waals surface area (Å²) in [7, 11) is 4.80. The van der Waals surface area contributed by atoms with Crippen LogP contribution in [0.25, 0.3) is 11.4 Å². The Kier molecular flexibility index (Phi) is 10.9. The number of methoxy groups -OCH3 is 3. The van der Waals surface area contributed by atoms with Crippen molar-refractivity contribution in [2.75, 3.05) is 34.4 Å². The van der Waals surface area contributed by atoms with E-state index >= 15 is 0 Å². The van der Waals surface area contributed by atoms with Gasteiger partial charge in [-0.3, -0.25) is 4.79 Å². The van der Waals surface area contributed by atoms with Crippen molar-refractivity contribution in [3.8, 4) is 28.6 Å². The molecule has 0 saturated carbocycles. The first kappa shape index (κ1) is 28.5. The van der Waals surface area contributed by atoms with Crippen LogP contribution < -0.4 is 25.1 Å². The second kappa shape index (κ2) is 13.3. The molecule has 35 heavy (non-hydrogen) atoms. The maximum atomic E-state index is 12.3. The van der Waals surface area contributed by atoms with Gasteiger partial charge in [0.2, 0.25) is 0 Å². The minimum atomic E-state index is -0.721. The molecule has 0 unspecified atom stereocenters. The fourth-order valence-electron chi connectivity index (χ4n) is 3.63. The van der Waals surface area contributed by atoms with Crippen LogP contribution in [0.2, 0.25) is 5.02 Å². The molecular formula is C25H31Cl2N3O5. The Morgan fingerprint density at radius 2 is 1.74 bits per heavy atom. The number of aliphatic hydroxyl groups is 1. The van der Waals surface area contributed by atoms with Crippen molar-refractivity contribution in [3.63, 3.8) is 0 Å². The van der Waals surface area contributed by atoms with Crippen LogP contribution in [0.3, 0.4) is 0 Å². The molecule has 0 spiro atoms. The Labute approximate surface area is 216 Å². The second-order valence-electron chi connectivity index (χ2n) is 7.78. The van der Waals surface area contributed by atoms with Gasteiger partial charge in [-0.15, -0.1) is 12.4 Å². The van der Waals surface area contributed by atoms with E-state index in [1.807, 2.05) is 30.3 Å². The zero-order chi connectivity index (χ0) is 24.7. The molecule has 0 saturated heterocycles. The van der Waals surface area contributed by atoms with Gasteiger partial charge >= 0.3 is 0 Å². The van der Waals surface area contributed by atoms with E-state index in [4.69, 9.17) is 25.8 Å². The van der Waals surface area contributed by atoms with E-state index < -0.39 is 11.7 Å². The van der Waals surface area contributed by atoms with Crippen LogP contribution in [0, 0.1) is 6.92 Å². The molecule has 10 heteroatoms. The summed E-state index contributed by atoms with van der Waals surface area (Å²) >= 11 is 6.18. The Balaban J connectivity index is 0.00000432. The highest BCUT2D eigenvalue weighted by Gasteiger charge is 2.17. The third-order valence-electron chi connectivity index (χ3n) is 5.53. The summed E-state index contributed by atoms with van der Waals surface area (Å²) in [4.78, 5) is 16.4. The maximum Gasteiger partial charge on any atom is 0.292 e. The number of aromatic nitrogens is 2. The monoisotopic (exact) mass is 523 g/mol. The number of nitrogens with one attached hydrogen (secondary N) is 1. The molecule has 0 amide bonds. The van der Waals surface area contributed by atoms with Gasteiger partial charge in [0, 0.05) is 17.8 Å². The fraction of sp³-hybridized carbons (Fsp3) is 0.360. The van der Waals surface area contributed by atoms with Gasteiger partial charge in [0.05, 0.1) is 34.0 Å². The van der Waals surface area contributed by atoms with Gasteiger partial charge in [-0.25, -0.2) is 0 Å². The topological polar surface area (TPSA) is 94.8 Å². The van der Waals surface area contributed by atoms with Crippen LogP contribution in [0.1, 0.15) is 11.3 Å². The molecule has 1 heterocycles. The molecule has 3 aromatic rings. The largest absolute Gasteiger partial charge is 0.497 e. The first-order valence-electron chi connectivity index (χ1n) is 10.9. The van der Waals surface area contributed by atoms with Crippen molar-refractivity contribution >= 4 is 24.0 Å². The summed E-state index contributed by atoms with van der Waals surface area (Å²) in [6.07, 6.45) is 0.0377. The zero-order valence-electron chi connectivity index (χ0n) is 20.2. The van der Waals surface area contributed by atoms with E-state index in [1.165, 1.54) is 0 Å². The number of rotatable bonds is 11. The van der Waals surface area contributed by atoms with Gasteiger partial charge in [-0.1, -0.05) is 17.7 Å². The summed E-state index contributed by atoms with van der Waals surface area (Å²) in [6.45, 7) is 3.00. The first-order valence-corrected chi connectivity index (χ1v) is 11.3. The Morgan fingerprint density at radius 3 is 2.37 bits per heavy atom. The molecule has 0 bridgehead atoms. The highest BCUT2D eigenvalue weighted by molar-refractivity contribution is 6.31. The molecule has 8 nitrogen and oxygen atoms in total. The van der Waals surface area contributed by atoms with Gasteiger partial charge in [0.15, 0.2) is 11.5 Å². The van der Waals surface area contributed by atoms with Crippen LogP contribution in [0.15, 0.2) is 47.3 Å². The van der Waals surface area contributed by atoms with Crippen molar-refractivity contribution < 1.29 is 19.3 Å². The van der Waals surface area contributed by atoms with E-state index in [2.05, 4.69) is 10.3 Å². The van der Waals surface area contributed by atoms with E-state index in [1.54, 1.807) is 45.0 Å². The Hall–Kier alpha value is -2.78. The number of nitrogens with zero attached hydrogens (tertiary/aromatic N) is 2. The van der Waals surface area contributed by atoms with Crippen LogP contribution in [0.5, 0.6) is 17.2 Å². The molecule has 2 N–H and O–H groups in total. The first-order chi connectivity index (χ1) is 16.4. The molecular weight excluding hydrogens is 493 g/mol. The molecule has 0 aliphatic carbocycles. The van der Waals surface area contributed by atoms with Crippen LogP contribution in [-0.4, -0.2) is 55.2 Å². The third kappa shape index (κ3) is 7.11. The van der Waals surface area contributed by atoms with Gasteiger partial charge < -0.3 is 29.2 Å².